The van der Waals surface area contributed by atoms with Gasteiger partial charge in [0.15, 0.2) is 0 Å². The number of aliphatic hydroxyl groups is 1. The molecule has 0 aromatic carbocycles. The Morgan fingerprint density at radius 3 is 2.29 bits per heavy atom. The predicted octanol–water partition coefficient (Wildman–Crippen LogP) is 1.73. The molecule has 0 aromatic heterocycles. The lowest BCUT2D eigenvalue weighted by Crippen LogP contribution is -2.41. The van der Waals surface area contributed by atoms with Crippen molar-refractivity contribution in [2.75, 3.05) is 6.54 Å². The van der Waals surface area contributed by atoms with Gasteiger partial charge in [0.05, 0.1) is 12.1 Å². The smallest absolute Gasteiger partial charge is 0.318 e. The Hall–Kier alpha value is -0.770. The Labute approximate surface area is 103 Å². The summed E-state index contributed by atoms with van der Waals surface area (Å²) in [5.74, 6) is 0. The van der Waals surface area contributed by atoms with E-state index in [0.29, 0.717) is 6.04 Å². The molecule has 2 rings (SSSR count). The van der Waals surface area contributed by atoms with E-state index in [-0.39, 0.29) is 23.6 Å². The molecule has 17 heavy (non-hydrogen) atoms. The third-order valence-electron chi connectivity index (χ3n) is 4.09. The molecular formula is C13H24N2O2. The van der Waals surface area contributed by atoms with E-state index in [1.165, 1.54) is 0 Å². The summed E-state index contributed by atoms with van der Waals surface area (Å²) in [4.78, 5) is 13.9. The van der Waals surface area contributed by atoms with Gasteiger partial charge in [0.2, 0.25) is 0 Å². The van der Waals surface area contributed by atoms with Crippen molar-refractivity contribution in [1.29, 1.82) is 0 Å². The molecule has 0 radical (unpaired) electrons. The third kappa shape index (κ3) is 2.73. The molecule has 4 heteroatoms. The number of hydrogen-bond donors (Lipinski definition) is 2. The topological polar surface area (TPSA) is 52.6 Å². The van der Waals surface area contributed by atoms with E-state index >= 15 is 0 Å². The van der Waals surface area contributed by atoms with Crippen LogP contribution in [0.1, 0.15) is 46.5 Å². The first-order chi connectivity index (χ1) is 7.88. The van der Waals surface area contributed by atoms with Crippen molar-refractivity contribution in [3.05, 3.63) is 0 Å². The standard InChI is InChI=1S/C13H24N2O2/c1-13(2,3)11-8-15(12(17)14-11)9-4-6-10(16)7-5-9/h9-11,16H,4-8H2,1-3H3,(H,14,17). The first-order valence-corrected chi connectivity index (χ1v) is 6.63. The highest BCUT2D eigenvalue weighted by atomic mass is 16.3. The van der Waals surface area contributed by atoms with Gasteiger partial charge in [-0.1, -0.05) is 20.8 Å². The van der Waals surface area contributed by atoms with E-state index < -0.39 is 0 Å². The summed E-state index contributed by atoms with van der Waals surface area (Å²) in [6.07, 6.45) is 3.37. The van der Waals surface area contributed by atoms with Crippen LogP contribution in [0, 0.1) is 5.41 Å². The van der Waals surface area contributed by atoms with Gasteiger partial charge in [0.25, 0.3) is 0 Å². The number of amides is 2. The predicted molar refractivity (Wildman–Crippen MR) is 66.7 cm³/mol. The van der Waals surface area contributed by atoms with Crippen molar-refractivity contribution in [2.45, 2.75) is 64.6 Å². The molecular weight excluding hydrogens is 216 g/mol. The second-order valence-electron chi connectivity index (χ2n) is 6.48. The lowest BCUT2D eigenvalue weighted by molar-refractivity contribution is 0.0892. The van der Waals surface area contributed by atoms with Crippen LogP contribution in [0.15, 0.2) is 0 Å². The molecule has 1 unspecified atom stereocenters. The molecule has 0 aromatic rings. The minimum Gasteiger partial charge on any atom is -0.393 e. The van der Waals surface area contributed by atoms with Crippen LogP contribution >= 0.6 is 0 Å². The molecule has 1 aliphatic heterocycles. The van der Waals surface area contributed by atoms with Crippen molar-refractivity contribution in [1.82, 2.24) is 10.2 Å². The molecule has 98 valence electrons. The zero-order chi connectivity index (χ0) is 12.6. The summed E-state index contributed by atoms with van der Waals surface area (Å²) < 4.78 is 0. The van der Waals surface area contributed by atoms with Crippen LogP contribution in [0.25, 0.3) is 0 Å². The van der Waals surface area contributed by atoms with E-state index in [1.807, 2.05) is 4.90 Å². The summed E-state index contributed by atoms with van der Waals surface area (Å²) in [7, 11) is 0. The number of aliphatic hydroxyl groups excluding tert-OH is 1. The summed E-state index contributed by atoms with van der Waals surface area (Å²) >= 11 is 0. The minimum atomic E-state index is -0.157. The summed E-state index contributed by atoms with van der Waals surface area (Å²) in [6.45, 7) is 7.29. The van der Waals surface area contributed by atoms with Gasteiger partial charge < -0.3 is 15.3 Å². The lowest BCUT2D eigenvalue weighted by atomic mass is 9.86. The molecule has 2 amide bonds. The van der Waals surface area contributed by atoms with Gasteiger partial charge in [-0.3, -0.25) is 0 Å². The van der Waals surface area contributed by atoms with E-state index in [2.05, 4.69) is 26.1 Å². The SMILES string of the molecule is CC(C)(C)C1CN(C2CCC(O)CC2)C(=O)N1. The van der Waals surface area contributed by atoms with Crippen molar-refractivity contribution in [3.63, 3.8) is 0 Å². The zero-order valence-electron chi connectivity index (χ0n) is 11.1. The number of carbonyl (C=O) groups is 1. The van der Waals surface area contributed by atoms with Crippen LogP contribution < -0.4 is 5.32 Å². The normalized spacial score (nSPS) is 34.9. The van der Waals surface area contributed by atoms with E-state index in [0.717, 1.165) is 32.2 Å². The molecule has 2 N–H and O–H groups in total. The summed E-state index contributed by atoms with van der Waals surface area (Å²) in [5, 5.41) is 12.6. The minimum absolute atomic E-state index is 0.0753. The molecule has 0 spiro atoms. The molecule has 1 saturated heterocycles. The monoisotopic (exact) mass is 240 g/mol. The lowest BCUT2D eigenvalue weighted by Gasteiger charge is -2.33. The van der Waals surface area contributed by atoms with Gasteiger partial charge in [0.1, 0.15) is 0 Å². The summed E-state index contributed by atoms with van der Waals surface area (Å²) in [6, 6.07) is 0.638. The van der Waals surface area contributed by atoms with Crippen LogP contribution in [0.5, 0.6) is 0 Å². The van der Waals surface area contributed by atoms with E-state index in [9.17, 15) is 9.90 Å². The third-order valence-corrected chi connectivity index (χ3v) is 4.09. The highest BCUT2D eigenvalue weighted by Gasteiger charge is 2.39. The van der Waals surface area contributed by atoms with Gasteiger partial charge in [-0.05, 0) is 31.1 Å². The van der Waals surface area contributed by atoms with Crippen molar-refractivity contribution in [3.8, 4) is 0 Å². The average Bonchev–Trinajstić information content (AvgIpc) is 2.61. The number of hydrogen-bond acceptors (Lipinski definition) is 2. The Kier molecular flexibility index (Phi) is 3.34. The number of nitrogens with one attached hydrogen (secondary N) is 1. The largest absolute Gasteiger partial charge is 0.393 e. The van der Waals surface area contributed by atoms with Crippen molar-refractivity contribution >= 4 is 6.03 Å². The van der Waals surface area contributed by atoms with Gasteiger partial charge in [-0.2, -0.15) is 0 Å². The van der Waals surface area contributed by atoms with E-state index in [1.54, 1.807) is 0 Å². The molecule has 1 saturated carbocycles. The first kappa shape index (κ1) is 12.7. The van der Waals surface area contributed by atoms with Crippen LogP contribution in [-0.4, -0.2) is 40.8 Å². The quantitative estimate of drug-likeness (QED) is 0.733. The molecule has 1 atom stereocenters. The summed E-state index contributed by atoms with van der Waals surface area (Å²) in [5.41, 5.74) is 0.110. The maximum atomic E-state index is 12.0. The first-order valence-electron chi connectivity index (χ1n) is 6.63. The number of carbonyl (C=O) groups excluding carboxylic acids is 1. The fourth-order valence-electron chi connectivity index (χ4n) is 2.73. The number of urea groups is 1. The Morgan fingerprint density at radius 1 is 1.24 bits per heavy atom. The maximum Gasteiger partial charge on any atom is 0.318 e. The molecule has 2 aliphatic rings. The highest BCUT2D eigenvalue weighted by Crippen LogP contribution is 2.29. The second kappa shape index (κ2) is 4.48. The van der Waals surface area contributed by atoms with Crippen LogP contribution in [0.2, 0.25) is 0 Å². The van der Waals surface area contributed by atoms with Gasteiger partial charge in [-0.25, -0.2) is 4.79 Å². The van der Waals surface area contributed by atoms with Crippen molar-refractivity contribution < 1.29 is 9.90 Å². The molecule has 2 fully saturated rings. The maximum absolute atomic E-state index is 12.0. The van der Waals surface area contributed by atoms with Gasteiger partial charge >= 0.3 is 6.03 Å². The molecule has 1 heterocycles. The van der Waals surface area contributed by atoms with Gasteiger partial charge in [-0.15, -0.1) is 0 Å². The van der Waals surface area contributed by atoms with Crippen LogP contribution in [0.3, 0.4) is 0 Å². The number of nitrogens with zero attached hydrogens (tertiary/aromatic N) is 1. The fourth-order valence-corrected chi connectivity index (χ4v) is 2.73. The molecule has 4 nitrogen and oxygen atoms in total. The Morgan fingerprint density at radius 2 is 1.82 bits per heavy atom. The average molecular weight is 240 g/mol. The van der Waals surface area contributed by atoms with Crippen molar-refractivity contribution in [2.24, 2.45) is 5.41 Å². The zero-order valence-corrected chi connectivity index (χ0v) is 11.1. The molecule has 1 aliphatic carbocycles. The fraction of sp³-hybridized carbons (Fsp3) is 0.923. The van der Waals surface area contributed by atoms with Crippen LogP contribution in [0.4, 0.5) is 4.79 Å². The molecule has 0 bridgehead atoms. The Balaban J connectivity index is 1.96. The van der Waals surface area contributed by atoms with Gasteiger partial charge in [0, 0.05) is 12.6 Å². The van der Waals surface area contributed by atoms with Crippen LogP contribution in [-0.2, 0) is 0 Å². The second-order valence-corrected chi connectivity index (χ2v) is 6.48. The number of rotatable bonds is 1. The van der Waals surface area contributed by atoms with E-state index in [4.69, 9.17) is 0 Å². The highest BCUT2D eigenvalue weighted by molar-refractivity contribution is 5.77. The Bertz CT molecular complexity index is 290.